The van der Waals surface area contributed by atoms with Gasteiger partial charge in [0.05, 0.1) is 32.4 Å². The van der Waals surface area contributed by atoms with Crippen LogP contribution in [0.15, 0.2) is 71.5 Å². The zero-order valence-electron chi connectivity index (χ0n) is 19.9. The monoisotopic (exact) mass is 483 g/mol. The van der Waals surface area contributed by atoms with Crippen LogP contribution < -0.4 is 15.0 Å². The molecule has 9 nitrogen and oxygen atoms in total. The van der Waals surface area contributed by atoms with Gasteiger partial charge in [0.1, 0.15) is 17.3 Å². The van der Waals surface area contributed by atoms with E-state index in [0.717, 1.165) is 28.0 Å². The van der Waals surface area contributed by atoms with E-state index in [-0.39, 0.29) is 17.7 Å². The lowest BCUT2D eigenvalue weighted by atomic mass is 10.0. The molecule has 0 aliphatic rings. The molecule has 0 fully saturated rings. The van der Waals surface area contributed by atoms with Crippen LogP contribution in [0.1, 0.15) is 18.1 Å². The lowest BCUT2D eigenvalue weighted by Gasteiger charge is -2.13. The molecule has 0 atom stereocenters. The number of aliphatic hydroxyl groups excluding tert-OH is 1. The van der Waals surface area contributed by atoms with E-state index in [1.165, 1.54) is 0 Å². The van der Waals surface area contributed by atoms with Crippen LogP contribution in [0.3, 0.4) is 0 Å². The molecule has 3 aromatic carbocycles. The molecular weight excluding hydrogens is 458 g/mol. The Morgan fingerprint density at radius 1 is 1.00 bits per heavy atom. The van der Waals surface area contributed by atoms with Crippen LogP contribution in [-0.2, 0) is 13.2 Å². The summed E-state index contributed by atoms with van der Waals surface area (Å²) in [5.41, 5.74) is 4.49. The molecule has 36 heavy (non-hydrogen) atoms. The van der Waals surface area contributed by atoms with E-state index in [9.17, 15) is 9.90 Å². The minimum atomic E-state index is -0.377. The molecule has 5 aromatic rings. The Morgan fingerprint density at radius 2 is 1.81 bits per heavy atom. The van der Waals surface area contributed by atoms with E-state index in [4.69, 9.17) is 14.5 Å². The average molecular weight is 484 g/mol. The molecule has 2 aromatic heterocycles. The molecular formula is C27H25N5O4. The van der Waals surface area contributed by atoms with Gasteiger partial charge in [-0.05, 0) is 59.5 Å². The number of ether oxygens (including phenoxy) is 2. The van der Waals surface area contributed by atoms with Crippen LogP contribution in [-0.4, -0.2) is 43.8 Å². The topological polar surface area (TPSA) is 115 Å². The summed E-state index contributed by atoms with van der Waals surface area (Å²) in [7, 11) is 1.62. The van der Waals surface area contributed by atoms with E-state index in [2.05, 4.69) is 15.3 Å². The highest BCUT2D eigenvalue weighted by Crippen LogP contribution is 2.33. The van der Waals surface area contributed by atoms with Gasteiger partial charge in [0.15, 0.2) is 11.2 Å². The van der Waals surface area contributed by atoms with Crippen LogP contribution >= 0.6 is 0 Å². The SMILES string of the molecule is CCOc1cc(-c2cccc(CO)c2)ccc1-c1nc2c(nnn2Cc2ccc(OC)cc2)c(=O)[nH]1. The summed E-state index contributed by atoms with van der Waals surface area (Å²) in [5.74, 6) is 1.71. The summed E-state index contributed by atoms with van der Waals surface area (Å²) < 4.78 is 12.8. The molecule has 0 aliphatic carbocycles. The molecule has 2 heterocycles. The Morgan fingerprint density at radius 3 is 2.56 bits per heavy atom. The van der Waals surface area contributed by atoms with Crippen molar-refractivity contribution >= 4 is 11.2 Å². The van der Waals surface area contributed by atoms with Gasteiger partial charge >= 0.3 is 0 Å². The quantitative estimate of drug-likeness (QED) is 0.345. The largest absolute Gasteiger partial charge is 0.497 e. The molecule has 0 bridgehead atoms. The van der Waals surface area contributed by atoms with Gasteiger partial charge in [0.25, 0.3) is 5.56 Å². The van der Waals surface area contributed by atoms with Crippen molar-refractivity contribution in [2.24, 2.45) is 0 Å². The normalized spacial score (nSPS) is 11.1. The molecule has 0 saturated heterocycles. The first kappa shape index (κ1) is 23.3. The smallest absolute Gasteiger partial charge is 0.281 e. The number of aromatic amines is 1. The molecule has 5 rings (SSSR count). The fraction of sp³-hybridized carbons (Fsp3) is 0.185. The van der Waals surface area contributed by atoms with Crippen molar-refractivity contribution in [3.63, 3.8) is 0 Å². The summed E-state index contributed by atoms with van der Waals surface area (Å²) in [6.07, 6.45) is 0. The molecule has 0 amide bonds. The summed E-state index contributed by atoms with van der Waals surface area (Å²) in [4.78, 5) is 20.4. The van der Waals surface area contributed by atoms with Crippen LogP contribution in [0.2, 0.25) is 0 Å². The van der Waals surface area contributed by atoms with Crippen molar-refractivity contribution in [1.29, 1.82) is 0 Å². The molecule has 0 spiro atoms. The Labute approximate surface area is 207 Å². The predicted octanol–water partition coefficient (Wildman–Crippen LogP) is 3.80. The average Bonchev–Trinajstić information content (AvgIpc) is 3.32. The van der Waals surface area contributed by atoms with Crippen molar-refractivity contribution in [3.8, 4) is 34.0 Å². The number of hydrogen-bond donors (Lipinski definition) is 2. The van der Waals surface area contributed by atoms with Crippen LogP contribution in [0, 0.1) is 0 Å². The number of fused-ring (bicyclic) bond motifs is 1. The second-order valence-corrected chi connectivity index (χ2v) is 8.18. The number of nitrogens with one attached hydrogen (secondary N) is 1. The van der Waals surface area contributed by atoms with Crippen molar-refractivity contribution < 1.29 is 14.6 Å². The standard InChI is InChI=1S/C27H25N5O4/c1-3-36-23-14-20(19-6-4-5-18(13-19)16-33)9-12-22(23)25-28-26-24(27(34)29-25)30-31-32(26)15-17-7-10-21(35-2)11-8-17/h4-14,33H,3,15-16H2,1-2H3,(H,28,29,34). The number of rotatable bonds is 8. The van der Waals surface area contributed by atoms with Gasteiger partial charge in [-0.15, -0.1) is 5.10 Å². The highest BCUT2D eigenvalue weighted by atomic mass is 16.5. The number of hydrogen-bond acceptors (Lipinski definition) is 7. The predicted molar refractivity (Wildman–Crippen MR) is 136 cm³/mol. The van der Waals surface area contributed by atoms with E-state index in [1.54, 1.807) is 11.8 Å². The molecule has 182 valence electrons. The van der Waals surface area contributed by atoms with Gasteiger partial charge in [-0.2, -0.15) is 0 Å². The first-order valence-corrected chi connectivity index (χ1v) is 11.5. The highest BCUT2D eigenvalue weighted by molar-refractivity contribution is 5.77. The number of aromatic nitrogens is 5. The number of aliphatic hydroxyl groups is 1. The van der Waals surface area contributed by atoms with E-state index < -0.39 is 0 Å². The van der Waals surface area contributed by atoms with Gasteiger partial charge in [0, 0.05) is 0 Å². The van der Waals surface area contributed by atoms with Crippen LogP contribution in [0.5, 0.6) is 11.5 Å². The van der Waals surface area contributed by atoms with Gasteiger partial charge in [-0.3, -0.25) is 4.79 Å². The minimum absolute atomic E-state index is 0.0341. The first-order valence-electron chi connectivity index (χ1n) is 11.5. The molecule has 0 radical (unpaired) electrons. The third kappa shape index (κ3) is 4.56. The number of nitrogens with zero attached hydrogens (tertiary/aromatic N) is 4. The van der Waals surface area contributed by atoms with Gasteiger partial charge in [-0.1, -0.05) is 41.6 Å². The third-order valence-electron chi connectivity index (χ3n) is 5.84. The lowest BCUT2D eigenvalue weighted by molar-refractivity contribution is 0.282. The van der Waals surface area contributed by atoms with E-state index in [1.807, 2.05) is 73.7 Å². The maximum atomic E-state index is 12.9. The lowest BCUT2D eigenvalue weighted by Crippen LogP contribution is -2.12. The van der Waals surface area contributed by atoms with Crippen molar-refractivity contribution in [2.75, 3.05) is 13.7 Å². The number of benzene rings is 3. The summed E-state index contributed by atoms with van der Waals surface area (Å²) in [5, 5.41) is 17.7. The Kier molecular flexibility index (Phi) is 6.46. The fourth-order valence-corrected chi connectivity index (χ4v) is 4.03. The maximum absolute atomic E-state index is 12.9. The first-order chi connectivity index (χ1) is 17.6. The van der Waals surface area contributed by atoms with Crippen molar-refractivity contribution in [1.82, 2.24) is 25.0 Å². The third-order valence-corrected chi connectivity index (χ3v) is 5.84. The summed E-state index contributed by atoms with van der Waals surface area (Å²) >= 11 is 0. The molecule has 0 unspecified atom stereocenters. The molecule has 9 heteroatoms. The molecule has 2 N–H and O–H groups in total. The van der Waals surface area contributed by atoms with Crippen molar-refractivity contribution in [3.05, 3.63) is 88.2 Å². The zero-order chi connectivity index (χ0) is 25.1. The molecule has 0 aliphatic heterocycles. The van der Waals surface area contributed by atoms with Crippen molar-refractivity contribution in [2.45, 2.75) is 20.1 Å². The Balaban J connectivity index is 1.56. The number of H-pyrrole nitrogens is 1. The number of methoxy groups -OCH3 is 1. The summed E-state index contributed by atoms with van der Waals surface area (Å²) in [6, 6.07) is 21.0. The highest BCUT2D eigenvalue weighted by Gasteiger charge is 2.17. The minimum Gasteiger partial charge on any atom is -0.497 e. The van der Waals surface area contributed by atoms with Crippen LogP contribution in [0.4, 0.5) is 0 Å². The summed E-state index contributed by atoms with van der Waals surface area (Å²) in [6.45, 7) is 2.70. The molecule has 0 saturated carbocycles. The van der Waals surface area contributed by atoms with E-state index in [0.29, 0.717) is 35.9 Å². The Bertz CT molecular complexity index is 1570. The second kappa shape index (κ2) is 10.0. The zero-order valence-corrected chi connectivity index (χ0v) is 19.9. The van der Waals surface area contributed by atoms with Gasteiger partial charge < -0.3 is 19.6 Å². The van der Waals surface area contributed by atoms with E-state index >= 15 is 0 Å². The van der Waals surface area contributed by atoms with Gasteiger partial charge in [-0.25, -0.2) is 9.67 Å². The maximum Gasteiger partial charge on any atom is 0.281 e. The fourth-order valence-electron chi connectivity index (χ4n) is 4.03. The second-order valence-electron chi connectivity index (χ2n) is 8.18. The Hall–Kier alpha value is -4.50. The van der Waals surface area contributed by atoms with Gasteiger partial charge in [0.2, 0.25) is 0 Å². The van der Waals surface area contributed by atoms with Crippen LogP contribution in [0.25, 0.3) is 33.7 Å².